The Labute approximate surface area is 101 Å². The molecule has 0 bridgehead atoms. The van der Waals surface area contributed by atoms with Crippen LogP contribution in [-0.4, -0.2) is 37.7 Å². The molecule has 1 aromatic rings. The van der Waals surface area contributed by atoms with Gasteiger partial charge in [0.1, 0.15) is 5.75 Å². The van der Waals surface area contributed by atoms with Crippen molar-refractivity contribution in [3.8, 4) is 5.75 Å². The lowest BCUT2D eigenvalue weighted by molar-refractivity contribution is -0.163. The predicted octanol–water partition coefficient (Wildman–Crippen LogP) is 1.17. The molecule has 0 unspecified atom stereocenters. The number of phenolic OH excluding ortho intramolecular Hbond substituents is 1. The SMILES string of the molecule is Cc1cc(C=O)c(O)c(C[O+]2CCNCC2)c1. The molecule has 2 N–H and O–H groups in total. The zero-order chi connectivity index (χ0) is 12.3. The number of morpholine rings is 1. The first-order chi connectivity index (χ1) is 8.20. The molecule has 92 valence electrons. The molecule has 1 aromatic carbocycles. The molecule has 0 atom stereocenters. The molecule has 1 heterocycles. The number of carbonyl (C=O) groups excluding carboxylic acids is 1. The van der Waals surface area contributed by atoms with E-state index in [1.807, 2.05) is 13.0 Å². The molecule has 4 heteroatoms. The van der Waals surface area contributed by atoms with Crippen LogP contribution in [0.2, 0.25) is 0 Å². The van der Waals surface area contributed by atoms with Crippen molar-refractivity contribution in [1.29, 1.82) is 0 Å². The van der Waals surface area contributed by atoms with E-state index in [1.165, 1.54) is 0 Å². The fourth-order valence-electron chi connectivity index (χ4n) is 2.11. The minimum Gasteiger partial charge on any atom is -0.507 e. The van der Waals surface area contributed by atoms with Crippen LogP contribution in [0.5, 0.6) is 5.75 Å². The Hall–Kier alpha value is -1.39. The molecule has 17 heavy (non-hydrogen) atoms. The van der Waals surface area contributed by atoms with Crippen LogP contribution in [0, 0.1) is 6.92 Å². The van der Waals surface area contributed by atoms with Crippen molar-refractivity contribution in [2.24, 2.45) is 0 Å². The van der Waals surface area contributed by atoms with Gasteiger partial charge in [-0.1, -0.05) is 0 Å². The van der Waals surface area contributed by atoms with Crippen molar-refractivity contribution in [3.63, 3.8) is 0 Å². The molecule has 1 saturated heterocycles. The first-order valence-electron chi connectivity index (χ1n) is 5.83. The van der Waals surface area contributed by atoms with Crippen LogP contribution < -0.4 is 5.32 Å². The second-order valence-electron chi connectivity index (χ2n) is 4.39. The zero-order valence-corrected chi connectivity index (χ0v) is 10.0. The number of rotatable bonds is 3. The van der Waals surface area contributed by atoms with Crippen molar-refractivity contribution in [3.05, 3.63) is 28.8 Å². The number of benzene rings is 1. The molecule has 0 radical (unpaired) electrons. The fraction of sp³-hybridized carbons (Fsp3) is 0.462. The van der Waals surface area contributed by atoms with Gasteiger partial charge < -0.3 is 14.8 Å². The smallest absolute Gasteiger partial charge is 0.175 e. The second-order valence-corrected chi connectivity index (χ2v) is 4.39. The Morgan fingerprint density at radius 1 is 1.41 bits per heavy atom. The van der Waals surface area contributed by atoms with Gasteiger partial charge in [-0.2, -0.15) is 0 Å². The Kier molecular flexibility index (Phi) is 3.76. The quantitative estimate of drug-likeness (QED) is 0.612. The molecular formula is C13H18NO3+. The number of hydrogen-bond acceptors (Lipinski definition) is 3. The van der Waals surface area contributed by atoms with E-state index in [1.54, 1.807) is 6.07 Å². The molecule has 0 aliphatic carbocycles. The van der Waals surface area contributed by atoms with Crippen LogP contribution in [0.1, 0.15) is 21.5 Å². The third kappa shape index (κ3) is 2.84. The summed E-state index contributed by atoms with van der Waals surface area (Å²) in [5.41, 5.74) is 2.17. The molecule has 0 spiro atoms. The van der Waals surface area contributed by atoms with Gasteiger partial charge in [-0.15, -0.1) is 0 Å². The monoisotopic (exact) mass is 236 g/mol. The summed E-state index contributed by atoms with van der Waals surface area (Å²) in [5, 5.41) is 13.2. The largest absolute Gasteiger partial charge is 0.507 e. The summed E-state index contributed by atoms with van der Waals surface area (Å²) in [6.07, 6.45) is 0.703. The van der Waals surface area contributed by atoms with Gasteiger partial charge >= 0.3 is 0 Å². The molecule has 2 rings (SSSR count). The average Bonchev–Trinajstić information content (AvgIpc) is 2.34. The van der Waals surface area contributed by atoms with E-state index < -0.39 is 0 Å². The molecule has 1 aliphatic rings. The van der Waals surface area contributed by atoms with Crippen molar-refractivity contribution in [1.82, 2.24) is 5.32 Å². The minimum atomic E-state index is 0.108. The van der Waals surface area contributed by atoms with E-state index in [-0.39, 0.29) is 5.75 Å². The highest BCUT2D eigenvalue weighted by atomic mass is 16.7. The van der Waals surface area contributed by atoms with Gasteiger partial charge in [0.2, 0.25) is 0 Å². The van der Waals surface area contributed by atoms with E-state index >= 15 is 0 Å². The van der Waals surface area contributed by atoms with Crippen LogP contribution >= 0.6 is 0 Å². The molecule has 1 fully saturated rings. The summed E-state index contributed by atoms with van der Waals surface area (Å²) in [4.78, 5) is 10.8. The van der Waals surface area contributed by atoms with E-state index in [9.17, 15) is 9.90 Å². The summed E-state index contributed by atoms with van der Waals surface area (Å²) in [6, 6.07) is 3.63. The molecular weight excluding hydrogens is 218 g/mol. The maximum absolute atomic E-state index is 10.8. The third-order valence-corrected chi connectivity index (χ3v) is 2.98. The Balaban J connectivity index is 2.19. The van der Waals surface area contributed by atoms with Gasteiger partial charge in [0.05, 0.1) is 24.2 Å². The highest BCUT2D eigenvalue weighted by molar-refractivity contribution is 5.80. The summed E-state index contributed by atoms with van der Waals surface area (Å²) >= 11 is 0. The zero-order valence-electron chi connectivity index (χ0n) is 10.0. The van der Waals surface area contributed by atoms with Crippen LogP contribution in [0.3, 0.4) is 0 Å². The first kappa shape index (κ1) is 12.1. The average molecular weight is 236 g/mol. The summed E-state index contributed by atoms with van der Waals surface area (Å²) in [5.74, 6) is 0.108. The number of carbonyl (C=O) groups is 1. The van der Waals surface area contributed by atoms with Crippen molar-refractivity contribution >= 4 is 6.29 Å². The van der Waals surface area contributed by atoms with Crippen molar-refractivity contribution < 1.29 is 14.3 Å². The van der Waals surface area contributed by atoms with E-state index in [0.29, 0.717) is 18.5 Å². The van der Waals surface area contributed by atoms with Gasteiger partial charge in [-0.05, 0) is 24.6 Å². The molecule has 0 aromatic heterocycles. The van der Waals surface area contributed by atoms with E-state index in [4.69, 9.17) is 0 Å². The summed E-state index contributed by atoms with van der Waals surface area (Å²) in [7, 11) is 0. The maximum Gasteiger partial charge on any atom is 0.175 e. The lowest BCUT2D eigenvalue weighted by atomic mass is 10.1. The second kappa shape index (κ2) is 5.29. The van der Waals surface area contributed by atoms with Gasteiger partial charge in [0.15, 0.2) is 26.1 Å². The van der Waals surface area contributed by atoms with Crippen LogP contribution in [0.4, 0.5) is 0 Å². The van der Waals surface area contributed by atoms with Crippen LogP contribution in [0.25, 0.3) is 0 Å². The Bertz CT molecular complexity index is 411. The fourth-order valence-corrected chi connectivity index (χ4v) is 2.11. The van der Waals surface area contributed by atoms with Crippen molar-refractivity contribution in [2.45, 2.75) is 13.5 Å². The highest BCUT2D eigenvalue weighted by Gasteiger charge is 2.18. The normalized spacial score (nSPS) is 17.0. The minimum absolute atomic E-state index is 0.108. The number of aldehydes is 1. The standard InChI is InChI=1S/C13H17NO3/c1-10-6-11(8-15)13(16)12(7-10)9-17-4-2-14-3-5-17/h6-8,14H,2-5,9H2,1H3/p+1. The number of phenols is 1. The highest BCUT2D eigenvalue weighted by Crippen LogP contribution is 2.25. The molecule has 0 amide bonds. The van der Waals surface area contributed by atoms with Crippen LogP contribution in [0.15, 0.2) is 12.1 Å². The van der Waals surface area contributed by atoms with Gasteiger partial charge in [0.25, 0.3) is 0 Å². The number of hydrogen-bond donors (Lipinski definition) is 2. The van der Waals surface area contributed by atoms with Crippen molar-refractivity contribution in [2.75, 3.05) is 26.3 Å². The van der Waals surface area contributed by atoms with Gasteiger partial charge in [-0.25, -0.2) is 0 Å². The Morgan fingerprint density at radius 2 is 2.12 bits per heavy atom. The summed E-state index contributed by atoms with van der Waals surface area (Å²) < 4.78 is 3.11. The topological polar surface area (TPSA) is 52.0 Å². The molecule has 4 nitrogen and oxygen atoms in total. The number of nitrogens with one attached hydrogen (secondary N) is 1. The van der Waals surface area contributed by atoms with Gasteiger partial charge in [-0.3, -0.25) is 4.79 Å². The van der Waals surface area contributed by atoms with E-state index in [0.717, 1.165) is 37.4 Å². The maximum atomic E-state index is 10.8. The molecule has 1 aliphatic heterocycles. The predicted molar refractivity (Wildman–Crippen MR) is 65.6 cm³/mol. The first-order valence-corrected chi connectivity index (χ1v) is 5.83. The van der Waals surface area contributed by atoms with Gasteiger partial charge in [0, 0.05) is 0 Å². The third-order valence-electron chi connectivity index (χ3n) is 2.98. The lowest BCUT2D eigenvalue weighted by Crippen LogP contribution is -2.37. The lowest BCUT2D eigenvalue weighted by Gasteiger charge is -2.24. The Morgan fingerprint density at radius 3 is 2.76 bits per heavy atom. The molecule has 0 saturated carbocycles. The number of aromatic hydroxyl groups is 1. The number of aryl methyl sites for hydroxylation is 1. The summed E-state index contributed by atoms with van der Waals surface area (Å²) in [6.45, 7) is 6.22. The van der Waals surface area contributed by atoms with E-state index in [2.05, 4.69) is 9.68 Å². The van der Waals surface area contributed by atoms with Crippen LogP contribution in [-0.2, 0) is 11.0 Å².